The molecule has 2 heterocycles. The van der Waals surface area contributed by atoms with Crippen molar-refractivity contribution in [3.63, 3.8) is 0 Å². The molecule has 1 amide bonds. The third kappa shape index (κ3) is 3.67. The first-order chi connectivity index (χ1) is 14.3. The monoisotopic (exact) mass is 429 g/mol. The lowest BCUT2D eigenvalue weighted by Gasteiger charge is -2.26. The predicted octanol–water partition coefficient (Wildman–Crippen LogP) is 3.09. The maximum Gasteiger partial charge on any atom is 0.375 e. The van der Waals surface area contributed by atoms with E-state index in [9.17, 15) is 18.0 Å². The second-order valence-corrected chi connectivity index (χ2v) is 9.76. The lowest BCUT2D eigenvalue weighted by atomic mass is 10.1. The lowest BCUT2D eigenvalue weighted by molar-refractivity contribution is -0.136. The molecule has 1 aromatic heterocycles. The smallest absolute Gasteiger partial charge is 0.375 e. The number of benzene rings is 2. The van der Waals surface area contributed by atoms with Gasteiger partial charge in [0, 0.05) is 28.9 Å². The van der Waals surface area contributed by atoms with Gasteiger partial charge in [-0.1, -0.05) is 36.4 Å². The Morgan fingerprint density at radius 2 is 1.93 bits per heavy atom. The summed E-state index contributed by atoms with van der Waals surface area (Å²) in [6, 6.07) is 11.2. The number of esters is 1. The molecule has 0 N–H and O–H groups in total. The van der Waals surface area contributed by atoms with Crippen LogP contribution >= 0.6 is 0 Å². The van der Waals surface area contributed by atoms with Crippen LogP contribution in [-0.2, 0) is 19.4 Å². The highest BCUT2D eigenvalue weighted by molar-refractivity contribution is 7.91. The van der Waals surface area contributed by atoms with Gasteiger partial charge in [-0.15, -0.1) is 0 Å². The van der Waals surface area contributed by atoms with Gasteiger partial charge in [0.25, 0.3) is 5.91 Å². The van der Waals surface area contributed by atoms with Crippen LogP contribution in [0, 0.1) is 6.92 Å². The Balaban J connectivity index is 1.51. The molecule has 1 atom stereocenters. The highest BCUT2D eigenvalue weighted by atomic mass is 32.2. The molecule has 0 unspecified atom stereocenters. The number of hydrogen-bond donors (Lipinski definition) is 0. The van der Waals surface area contributed by atoms with E-state index in [1.165, 1.54) is 4.90 Å². The third-order valence-corrected chi connectivity index (χ3v) is 7.40. The van der Waals surface area contributed by atoms with Gasteiger partial charge in [-0.3, -0.25) is 4.79 Å². The van der Waals surface area contributed by atoms with E-state index in [1.54, 1.807) is 13.8 Å². The van der Waals surface area contributed by atoms with Gasteiger partial charge >= 0.3 is 5.97 Å². The van der Waals surface area contributed by atoms with Gasteiger partial charge in [0.15, 0.2) is 16.4 Å². The van der Waals surface area contributed by atoms with Crippen molar-refractivity contribution < 1.29 is 27.2 Å². The maximum atomic E-state index is 12.6. The molecule has 4 rings (SSSR count). The lowest BCUT2D eigenvalue weighted by Crippen LogP contribution is -2.43. The molecule has 158 valence electrons. The van der Waals surface area contributed by atoms with Gasteiger partial charge in [-0.25, -0.2) is 13.2 Å². The van der Waals surface area contributed by atoms with Crippen LogP contribution in [-0.4, -0.2) is 55.9 Å². The van der Waals surface area contributed by atoms with Crippen LogP contribution in [0.1, 0.15) is 29.5 Å². The molecule has 0 saturated carbocycles. The number of aryl methyl sites for hydroxylation is 1. The first kappa shape index (κ1) is 20.4. The molecule has 0 bridgehead atoms. The minimum Gasteiger partial charge on any atom is -0.450 e. The van der Waals surface area contributed by atoms with Crippen LogP contribution in [0.2, 0.25) is 0 Å². The van der Waals surface area contributed by atoms with E-state index >= 15 is 0 Å². The Labute approximate surface area is 174 Å². The van der Waals surface area contributed by atoms with Crippen molar-refractivity contribution in [2.24, 2.45) is 0 Å². The second kappa shape index (κ2) is 7.75. The summed E-state index contributed by atoms with van der Waals surface area (Å²) in [7, 11) is -3.11. The number of carbonyl (C=O) groups is 2. The second-order valence-electron chi connectivity index (χ2n) is 7.53. The Morgan fingerprint density at radius 1 is 1.17 bits per heavy atom. The summed E-state index contributed by atoms with van der Waals surface area (Å²) in [5.41, 5.74) is 1.26. The summed E-state index contributed by atoms with van der Waals surface area (Å²) in [5, 5.41) is 2.71. The van der Waals surface area contributed by atoms with Gasteiger partial charge < -0.3 is 14.1 Å². The van der Waals surface area contributed by atoms with E-state index in [1.807, 2.05) is 36.4 Å². The zero-order valence-corrected chi connectivity index (χ0v) is 17.7. The molecule has 0 radical (unpaired) electrons. The van der Waals surface area contributed by atoms with Crippen LogP contribution in [0.3, 0.4) is 0 Å². The highest BCUT2D eigenvalue weighted by Crippen LogP contribution is 2.32. The molecule has 0 spiro atoms. The number of nitrogens with zero attached hydrogens (tertiary/aromatic N) is 1. The van der Waals surface area contributed by atoms with Crippen LogP contribution < -0.4 is 0 Å². The molecule has 3 aromatic rings. The Hall–Kier alpha value is -2.87. The molecule has 2 aromatic carbocycles. The summed E-state index contributed by atoms with van der Waals surface area (Å²) in [5.74, 6) is -1.02. The van der Waals surface area contributed by atoms with Crippen molar-refractivity contribution >= 4 is 43.5 Å². The quantitative estimate of drug-likeness (QED) is 0.579. The van der Waals surface area contributed by atoms with Crippen LogP contribution in [0.5, 0.6) is 0 Å². The van der Waals surface area contributed by atoms with E-state index in [0.29, 0.717) is 24.1 Å². The molecule has 8 heteroatoms. The summed E-state index contributed by atoms with van der Waals surface area (Å²) in [6.07, 6.45) is 0.408. The molecular formula is C22H23NO6S. The van der Waals surface area contributed by atoms with Gasteiger partial charge in [0.1, 0.15) is 5.58 Å². The van der Waals surface area contributed by atoms with Crippen molar-refractivity contribution in [3.05, 3.63) is 47.7 Å². The van der Waals surface area contributed by atoms with E-state index < -0.39 is 28.3 Å². The van der Waals surface area contributed by atoms with Gasteiger partial charge in [-0.05, 0) is 25.7 Å². The average Bonchev–Trinajstić information content (AvgIpc) is 3.26. The summed E-state index contributed by atoms with van der Waals surface area (Å²) in [6.45, 7) is 3.45. The van der Waals surface area contributed by atoms with Gasteiger partial charge in [-0.2, -0.15) is 0 Å². The number of amides is 1. The van der Waals surface area contributed by atoms with Crippen molar-refractivity contribution in [3.8, 4) is 0 Å². The van der Waals surface area contributed by atoms with Gasteiger partial charge in [0.05, 0.1) is 11.5 Å². The average molecular weight is 429 g/mol. The molecule has 1 saturated heterocycles. The number of rotatable bonds is 5. The Morgan fingerprint density at radius 3 is 2.63 bits per heavy atom. The van der Waals surface area contributed by atoms with E-state index in [2.05, 4.69) is 0 Å². The van der Waals surface area contributed by atoms with E-state index in [0.717, 1.165) is 16.2 Å². The van der Waals surface area contributed by atoms with Gasteiger partial charge in [0.2, 0.25) is 5.76 Å². The van der Waals surface area contributed by atoms with E-state index in [-0.39, 0.29) is 23.3 Å². The maximum absolute atomic E-state index is 12.6. The molecule has 1 aliphatic rings. The molecule has 7 nitrogen and oxygen atoms in total. The van der Waals surface area contributed by atoms with Crippen molar-refractivity contribution in [2.75, 3.05) is 24.7 Å². The zero-order valence-electron chi connectivity index (χ0n) is 16.9. The molecular weight excluding hydrogens is 406 g/mol. The molecule has 30 heavy (non-hydrogen) atoms. The zero-order chi connectivity index (χ0) is 21.5. The summed E-state index contributed by atoms with van der Waals surface area (Å²) < 4.78 is 34.5. The SMILES string of the molecule is CCN(C(=O)COC(=O)c1oc2c(ccc3ccccc32)c1C)[C@H]1CCS(=O)(=O)C1. The summed E-state index contributed by atoms with van der Waals surface area (Å²) >= 11 is 0. The van der Waals surface area contributed by atoms with Crippen molar-refractivity contribution in [1.82, 2.24) is 4.90 Å². The minimum atomic E-state index is -3.11. The number of ether oxygens (including phenoxy) is 1. The number of hydrogen-bond acceptors (Lipinski definition) is 6. The molecule has 0 aliphatic carbocycles. The Bertz CT molecular complexity index is 1240. The predicted molar refractivity (Wildman–Crippen MR) is 113 cm³/mol. The number of fused-ring (bicyclic) bond motifs is 3. The molecule has 1 fully saturated rings. The fourth-order valence-electron chi connectivity index (χ4n) is 4.08. The summed E-state index contributed by atoms with van der Waals surface area (Å²) in [4.78, 5) is 26.7. The first-order valence-electron chi connectivity index (χ1n) is 9.88. The highest BCUT2D eigenvalue weighted by Gasteiger charge is 2.34. The number of sulfone groups is 1. The van der Waals surface area contributed by atoms with Crippen LogP contribution in [0.15, 0.2) is 40.8 Å². The normalized spacial score (nSPS) is 18.0. The number of furan rings is 1. The minimum absolute atomic E-state index is 0.0454. The van der Waals surface area contributed by atoms with Crippen LogP contribution in [0.25, 0.3) is 21.7 Å². The topological polar surface area (TPSA) is 93.9 Å². The number of likely N-dealkylation sites (N-methyl/N-ethyl adjacent to an activating group) is 1. The Kier molecular flexibility index (Phi) is 5.27. The fraction of sp³-hybridized carbons (Fsp3) is 0.364. The fourth-order valence-corrected chi connectivity index (χ4v) is 5.81. The van der Waals surface area contributed by atoms with E-state index in [4.69, 9.17) is 9.15 Å². The largest absolute Gasteiger partial charge is 0.450 e. The van der Waals surface area contributed by atoms with Crippen molar-refractivity contribution in [1.29, 1.82) is 0 Å². The standard InChI is InChI=1S/C22H23NO6S/c1-3-23(16-10-11-30(26,27)13-16)19(24)12-28-22(25)20-14(2)17-9-8-15-6-4-5-7-18(15)21(17)29-20/h4-9,16H,3,10-13H2,1-2H3/t16-/m0/s1. The van der Waals surface area contributed by atoms with Crippen LogP contribution in [0.4, 0.5) is 0 Å². The third-order valence-electron chi connectivity index (χ3n) is 5.65. The van der Waals surface area contributed by atoms with Crippen molar-refractivity contribution in [2.45, 2.75) is 26.3 Å². The first-order valence-corrected chi connectivity index (χ1v) is 11.7. The molecule has 1 aliphatic heterocycles. The number of carbonyl (C=O) groups excluding carboxylic acids is 2.